The van der Waals surface area contributed by atoms with Crippen LogP contribution in [0, 0.1) is 0 Å². The van der Waals surface area contributed by atoms with Crippen molar-refractivity contribution < 1.29 is 5.11 Å². The largest absolute Gasteiger partial charge is 0.503 e. The van der Waals surface area contributed by atoms with Crippen LogP contribution in [0.15, 0.2) is 35.8 Å². The molecule has 23 heavy (non-hydrogen) atoms. The highest BCUT2D eigenvalue weighted by atomic mass is 16.3. The van der Waals surface area contributed by atoms with Gasteiger partial charge in [0.05, 0.1) is 12.5 Å². The molecule has 0 amide bonds. The van der Waals surface area contributed by atoms with Gasteiger partial charge in [0.25, 0.3) is 0 Å². The highest BCUT2D eigenvalue weighted by Crippen LogP contribution is 2.09. The summed E-state index contributed by atoms with van der Waals surface area (Å²) in [6.45, 7) is 5.49. The van der Waals surface area contributed by atoms with Gasteiger partial charge >= 0.3 is 0 Å². The zero-order chi connectivity index (χ0) is 16.7. The van der Waals surface area contributed by atoms with Gasteiger partial charge in [0, 0.05) is 43.8 Å². The van der Waals surface area contributed by atoms with Crippen molar-refractivity contribution in [2.45, 2.75) is 45.8 Å². The first-order chi connectivity index (χ1) is 11.1. The van der Waals surface area contributed by atoms with Gasteiger partial charge in [0.15, 0.2) is 5.75 Å². The van der Waals surface area contributed by atoms with Crippen LogP contribution in [0.25, 0.3) is 0 Å². The van der Waals surface area contributed by atoms with Crippen LogP contribution >= 0.6 is 0 Å². The number of aryl methyl sites for hydroxylation is 2. The Bertz CT molecular complexity index is 649. The van der Waals surface area contributed by atoms with Crippen molar-refractivity contribution in [2.24, 2.45) is 0 Å². The monoisotopic (exact) mass is 318 g/mol. The van der Waals surface area contributed by atoms with Crippen LogP contribution in [-0.2, 0) is 19.6 Å². The Morgan fingerprint density at radius 2 is 2.13 bits per heavy atom. The number of hydrogen-bond donors (Lipinski definition) is 1. The normalized spacial score (nSPS) is 11.3. The lowest BCUT2D eigenvalue weighted by atomic mass is 10.2. The number of unbranched alkanes of at least 4 members (excludes halogenated alkanes) is 1. The number of aromatic nitrogens is 3. The van der Waals surface area contributed by atoms with E-state index in [0.717, 1.165) is 44.6 Å². The molecule has 6 heteroatoms. The van der Waals surface area contributed by atoms with Gasteiger partial charge in [0.1, 0.15) is 0 Å². The minimum Gasteiger partial charge on any atom is -0.503 e. The Morgan fingerprint density at radius 1 is 1.30 bits per heavy atom. The molecular formula is C17H26N4O2. The molecule has 0 aliphatic heterocycles. The molecule has 0 aliphatic carbocycles. The molecule has 2 rings (SSSR count). The first kappa shape index (κ1) is 17.3. The van der Waals surface area contributed by atoms with Crippen molar-refractivity contribution in [1.29, 1.82) is 0 Å². The maximum absolute atomic E-state index is 11.8. The number of hydrogen-bond acceptors (Lipinski definition) is 4. The molecule has 126 valence electrons. The summed E-state index contributed by atoms with van der Waals surface area (Å²) in [7, 11) is 2.06. The fourth-order valence-corrected chi connectivity index (χ4v) is 2.57. The van der Waals surface area contributed by atoms with Gasteiger partial charge in [-0.2, -0.15) is 0 Å². The van der Waals surface area contributed by atoms with Crippen LogP contribution in [-0.4, -0.2) is 37.7 Å². The van der Waals surface area contributed by atoms with E-state index in [1.165, 1.54) is 0 Å². The van der Waals surface area contributed by atoms with Crippen molar-refractivity contribution >= 4 is 0 Å². The standard InChI is InChI=1S/C17H26N4O2/c1-3-4-7-19(2)12-15-11-16(22)17(23)13-21(15)9-5-8-20-10-6-18-14-20/h6,10-11,13-14,23H,3-5,7-9,12H2,1-2H3. The SMILES string of the molecule is CCCCN(C)Cc1cc(=O)c(O)cn1CCCn1ccnc1. The number of aromatic hydroxyl groups is 1. The van der Waals surface area contributed by atoms with E-state index in [1.807, 2.05) is 15.3 Å². The fraction of sp³-hybridized carbons (Fsp3) is 0.529. The number of imidazole rings is 1. The molecule has 2 heterocycles. The molecule has 6 nitrogen and oxygen atoms in total. The van der Waals surface area contributed by atoms with Gasteiger partial charge in [-0.1, -0.05) is 13.3 Å². The lowest BCUT2D eigenvalue weighted by Crippen LogP contribution is -2.23. The van der Waals surface area contributed by atoms with Gasteiger partial charge in [-0.05, 0) is 26.4 Å². The van der Waals surface area contributed by atoms with E-state index < -0.39 is 0 Å². The van der Waals surface area contributed by atoms with Gasteiger partial charge in [-0.3, -0.25) is 4.79 Å². The topological polar surface area (TPSA) is 63.3 Å². The number of nitrogens with zero attached hydrogens (tertiary/aromatic N) is 4. The lowest BCUT2D eigenvalue weighted by Gasteiger charge is -2.20. The van der Waals surface area contributed by atoms with E-state index in [0.29, 0.717) is 6.54 Å². The second-order valence-corrected chi connectivity index (χ2v) is 5.95. The van der Waals surface area contributed by atoms with Crippen molar-refractivity contribution in [3.05, 3.63) is 46.9 Å². The maximum atomic E-state index is 11.8. The van der Waals surface area contributed by atoms with Gasteiger partial charge in [0.2, 0.25) is 5.43 Å². The van der Waals surface area contributed by atoms with Crippen LogP contribution in [0.1, 0.15) is 31.9 Å². The van der Waals surface area contributed by atoms with Crippen LogP contribution in [0.2, 0.25) is 0 Å². The molecule has 0 saturated carbocycles. The first-order valence-corrected chi connectivity index (χ1v) is 8.16. The molecule has 0 radical (unpaired) electrons. The second kappa shape index (κ2) is 8.53. The summed E-state index contributed by atoms with van der Waals surface area (Å²) < 4.78 is 4.01. The van der Waals surface area contributed by atoms with Crippen molar-refractivity contribution in [2.75, 3.05) is 13.6 Å². The third-order valence-electron chi connectivity index (χ3n) is 3.90. The van der Waals surface area contributed by atoms with E-state index >= 15 is 0 Å². The summed E-state index contributed by atoms with van der Waals surface area (Å²) >= 11 is 0. The van der Waals surface area contributed by atoms with E-state index in [9.17, 15) is 9.90 Å². The second-order valence-electron chi connectivity index (χ2n) is 5.95. The first-order valence-electron chi connectivity index (χ1n) is 8.16. The average Bonchev–Trinajstić information content (AvgIpc) is 3.03. The fourth-order valence-electron chi connectivity index (χ4n) is 2.57. The van der Waals surface area contributed by atoms with E-state index in [2.05, 4.69) is 23.9 Å². The summed E-state index contributed by atoms with van der Waals surface area (Å²) in [5, 5.41) is 9.72. The molecule has 0 atom stereocenters. The third kappa shape index (κ3) is 5.25. The average molecular weight is 318 g/mol. The van der Waals surface area contributed by atoms with Crippen LogP contribution in [0.4, 0.5) is 0 Å². The summed E-state index contributed by atoms with van der Waals surface area (Å²) in [4.78, 5) is 18.0. The molecule has 0 unspecified atom stereocenters. The molecule has 0 aliphatic rings. The predicted molar refractivity (Wildman–Crippen MR) is 90.5 cm³/mol. The molecular weight excluding hydrogens is 292 g/mol. The Hall–Kier alpha value is -2.08. The minimum absolute atomic E-state index is 0.187. The predicted octanol–water partition coefficient (Wildman–Crippen LogP) is 2.07. The van der Waals surface area contributed by atoms with Crippen molar-refractivity contribution in [3.63, 3.8) is 0 Å². The lowest BCUT2D eigenvalue weighted by molar-refractivity contribution is 0.308. The molecule has 1 N–H and O–H groups in total. The highest BCUT2D eigenvalue weighted by molar-refractivity contribution is 5.20. The zero-order valence-corrected chi connectivity index (χ0v) is 14.0. The summed E-state index contributed by atoms with van der Waals surface area (Å²) in [6.07, 6.45) is 10.2. The molecule has 0 aromatic carbocycles. The highest BCUT2D eigenvalue weighted by Gasteiger charge is 2.08. The summed E-state index contributed by atoms with van der Waals surface area (Å²) in [5.41, 5.74) is 0.631. The Kier molecular flexibility index (Phi) is 6.40. The quantitative estimate of drug-likeness (QED) is 0.769. The zero-order valence-electron chi connectivity index (χ0n) is 14.0. The van der Waals surface area contributed by atoms with E-state index in [4.69, 9.17) is 0 Å². The molecule has 0 saturated heterocycles. The van der Waals surface area contributed by atoms with Gasteiger partial charge in [-0.15, -0.1) is 0 Å². The molecule has 0 fully saturated rings. The maximum Gasteiger partial charge on any atom is 0.223 e. The summed E-state index contributed by atoms with van der Waals surface area (Å²) in [5.74, 6) is -0.187. The third-order valence-corrected chi connectivity index (χ3v) is 3.90. The Morgan fingerprint density at radius 3 is 2.83 bits per heavy atom. The van der Waals surface area contributed by atoms with Crippen LogP contribution in [0.3, 0.4) is 0 Å². The smallest absolute Gasteiger partial charge is 0.223 e. The Balaban J connectivity index is 2.03. The van der Waals surface area contributed by atoms with Gasteiger partial charge in [-0.25, -0.2) is 4.98 Å². The van der Waals surface area contributed by atoms with Crippen molar-refractivity contribution in [1.82, 2.24) is 19.0 Å². The number of pyridine rings is 1. The minimum atomic E-state index is -0.310. The van der Waals surface area contributed by atoms with Crippen LogP contribution in [0.5, 0.6) is 5.75 Å². The molecule has 2 aromatic rings. The molecule has 0 spiro atoms. The molecule has 0 bridgehead atoms. The van der Waals surface area contributed by atoms with Crippen molar-refractivity contribution in [3.8, 4) is 5.75 Å². The van der Waals surface area contributed by atoms with Gasteiger partial charge < -0.3 is 19.1 Å². The Labute approximate surface area is 137 Å². The van der Waals surface area contributed by atoms with Crippen LogP contribution < -0.4 is 5.43 Å². The summed E-state index contributed by atoms with van der Waals surface area (Å²) in [6, 6.07) is 1.55. The number of rotatable bonds is 9. The van der Waals surface area contributed by atoms with E-state index in [-0.39, 0.29) is 11.2 Å². The molecule has 2 aromatic heterocycles. The van der Waals surface area contributed by atoms with E-state index in [1.54, 1.807) is 24.8 Å².